The molecule has 3 rings (SSSR count). The predicted molar refractivity (Wildman–Crippen MR) is 104 cm³/mol. The van der Waals surface area contributed by atoms with Gasteiger partial charge in [-0.2, -0.15) is 0 Å². The highest BCUT2D eigenvalue weighted by molar-refractivity contribution is 8.19. The summed E-state index contributed by atoms with van der Waals surface area (Å²) in [6.07, 6.45) is 1.81. The molecule has 1 aliphatic heterocycles. The van der Waals surface area contributed by atoms with Crippen LogP contribution in [0.1, 0.15) is 28.4 Å². The molecule has 1 amide bonds. The lowest BCUT2D eigenvalue weighted by atomic mass is 10.1. The Morgan fingerprint density at radius 1 is 1.19 bits per heavy atom. The van der Waals surface area contributed by atoms with E-state index in [2.05, 4.69) is 0 Å². The number of rotatable bonds is 4. The maximum atomic E-state index is 12.8. The summed E-state index contributed by atoms with van der Waals surface area (Å²) in [4.78, 5) is 26.3. The Morgan fingerprint density at radius 2 is 1.88 bits per heavy atom. The Morgan fingerprint density at radius 3 is 2.54 bits per heavy atom. The molecule has 0 saturated carbocycles. The van der Waals surface area contributed by atoms with Gasteiger partial charge in [0.25, 0.3) is 5.91 Å². The number of hydrogen-bond donors (Lipinski definition) is 1. The molecule has 0 unspecified atom stereocenters. The van der Waals surface area contributed by atoms with Crippen molar-refractivity contribution in [2.75, 3.05) is 11.5 Å². The molecule has 2 aromatic rings. The molecule has 1 heterocycles. The Bertz CT molecular complexity index is 904. The molecule has 0 radical (unpaired) electrons. The van der Waals surface area contributed by atoms with E-state index in [0.29, 0.717) is 22.8 Å². The van der Waals surface area contributed by atoms with E-state index in [1.54, 1.807) is 31.2 Å². The number of esters is 1. The van der Waals surface area contributed by atoms with Crippen LogP contribution in [-0.2, 0) is 9.53 Å². The molecule has 1 fully saturated rings. The largest absolute Gasteiger partial charge is 0.462 e. The topological polar surface area (TPSA) is 70.5 Å². The Balaban J connectivity index is 1.85. The molecule has 0 aliphatic carbocycles. The van der Waals surface area contributed by atoms with Crippen molar-refractivity contribution < 1.29 is 14.3 Å². The molecule has 1 aliphatic rings. The molecule has 2 aromatic carbocycles. The molecule has 0 atom stereocenters. The summed E-state index contributed by atoms with van der Waals surface area (Å²) in [5, 5.41) is 8.30. The van der Waals surface area contributed by atoms with Crippen LogP contribution in [-0.4, -0.2) is 23.7 Å². The van der Waals surface area contributed by atoms with Crippen molar-refractivity contribution in [1.29, 1.82) is 5.41 Å². The first-order chi connectivity index (χ1) is 12.5. The molecular weight excluding hydrogens is 348 g/mol. The van der Waals surface area contributed by atoms with E-state index in [4.69, 9.17) is 10.1 Å². The molecule has 5 nitrogen and oxygen atoms in total. The van der Waals surface area contributed by atoms with Gasteiger partial charge in [-0.1, -0.05) is 24.3 Å². The summed E-state index contributed by atoms with van der Waals surface area (Å²) < 4.78 is 4.96. The number of ether oxygens (including phenoxy) is 1. The molecule has 26 heavy (non-hydrogen) atoms. The third-order valence-electron chi connectivity index (χ3n) is 3.94. The van der Waals surface area contributed by atoms with E-state index in [0.717, 1.165) is 22.9 Å². The average molecular weight is 366 g/mol. The number of amidine groups is 1. The third kappa shape index (κ3) is 3.55. The van der Waals surface area contributed by atoms with Crippen LogP contribution in [0.2, 0.25) is 0 Å². The molecule has 1 N–H and O–H groups in total. The quantitative estimate of drug-likeness (QED) is 0.649. The van der Waals surface area contributed by atoms with Crippen molar-refractivity contribution >= 4 is 40.6 Å². The first-order valence-electron chi connectivity index (χ1n) is 8.16. The molecular formula is C20H18N2O3S. The van der Waals surface area contributed by atoms with Crippen LogP contribution in [0.3, 0.4) is 0 Å². The second kappa shape index (κ2) is 7.58. The van der Waals surface area contributed by atoms with Crippen molar-refractivity contribution in [3.8, 4) is 0 Å². The number of thioether (sulfide) groups is 1. The zero-order valence-electron chi connectivity index (χ0n) is 14.5. The maximum absolute atomic E-state index is 12.8. The summed E-state index contributed by atoms with van der Waals surface area (Å²) in [5.41, 5.74) is 2.98. The number of hydrogen-bond acceptors (Lipinski definition) is 5. The van der Waals surface area contributed by atoms with Crippen LogP contribution in [0.15, 0.2) is 53.4 Å². The maximum Gasteiger partial charge on any atom is 0.338 e. The average Bonchev–Trinajstić information content (AvgIpc) is 2.91. The predicted octanol–water partition coefficient (Wildman–Crippen LogP) is 4.23. The van der Waals surface area contributed by atoms with Gasteiger partial charge < -0.3 is 4.74 Å². The lowest BCUT2D eigenvalue weighted by Crippen LogP contribution is -2.28. The highest BCUT2D eigenvalue weighted by atomic mass is 32.2. The zero-order valence-corrected chi connectivity index (χ0v) is 15.3. The van der Waals surface area contributed by atoms with Crippen molar-refractivity contribution in [3.63, 3.8) is 0 Å². The van der Waals surface area contributed by atoms with Gasteiger partial charge in [0.2, 0.25) is 0 Å². The van der Waals surface area contributed by atoms with E-state index in [-0.39, 0.29) is 11.1 Å². The van der Waals surface area contributed by atoms with Crippen molar-refractivity contribution in [1.82, 2.24) is 0 Å². The summed E-state index contributed by atoms with van der Waals surface area (Å²) >= 11 is 1.13. The van der Waals surface area contributed by atoms with Gasteiger partial charge in [0.05, 0.1) is 22.8 Å². The van der Waals surface area contributed by atoms with E-state index in [9.17, 15) is 9.59 Å². The van der Waals surface area contributed by atoms with E-state index < -0.39 is 5.97 Å². The lowest BCUT2D eigenvalue weighted by Gasteiger charge is -2.14. The number of amides is 1. The molecule has 1 saturated heterocycles. The Hall–Kier alpha value is -2.86. The van der Waals surface area contributed by atoms with Crippen LogP contribution in [0.25, 0.3) is 6.08 Å². The van der Waals surface area contributed by atoms with Gasteiger partial charge in [-0.25, -0.2) is 4.79 Å². The number of anilines is 1. The highest BCUT2D eigenvalue weighted by Crippen LogP contribution is 2.35. The van der Waals surface area contributed by atoms with Crippen molar-refractivity contribution in [2.24, 2.45) is 0 Å². The van der Waals surface area contributed by atoms with E-state index in [1.165, 1.54) is 4.90 Å². The number of carbonyl (C=O) groups excluding carboxylic acids is 2. The van der Waals surface area contributed by atoms with Crippen molar-refractivity contribution in [3.05, 3.63) is 70.1 Å². The van der Waals surface area contributed by atoms with E-state index >= 15 is 0 Å². The summed E-state index contributed by atoms with van der Waals surface area (Å²) in [5.74, 6) is -0.650. The first-order valence-corrected chi connectivity index (χ1v) is 8.98. The van der Waals surface area contributed by atoms with Gasteiger partial charge in [0.15, 0.2) is 5.17 Å². The van der Waals surface area contributed by atoms with Gasteiger partial charge in [-0.05, 0) is 67.1 Å². The van der Waals surface area contributed by atoms with Gasteiger partial charge in [-0.15, -0.1) is 0 Å². The standard InChI is InChI=1S/C20H18N2O3S/c1-3-25-19(24)14-8-10-16(11-9-14)22-18(23)17(26-20(22)21)12-15-7-5-4-6-13(15)2/h4-12,21H,3H2,1-2H3/b17-12-,21-20?. The summed E-state index contributed by atoms with van der Waals surface area (Å²) in [6, 6.07) is 14.3. The van der Waals surface area contributed by atoms with E-state index in [1.807, 2.05) is 37.3 Å². The first kappa shape index (κ1) is 17.9. The number of nitrogens with zero attached hydrogens (tertiary/aromatic N) is 1. The van der Waals surface area contributed by atoms with Crippen LogP contribution in [0, 0.1) is 12.3 Å². The minimum Gasteiger partial charge on any atom is -0.462 e. The summed E-state index contributed by atoms with van der Waals surface area (Å²) in [7, 11) is 0. The molecule has 132 valence electrons. The van der Waals surface area contributed by atoms with Crippen LogP contribution >= 0.6 is 11.8 Å². The zero-order chi connectivity index (χ0) is 18.7. The molecule has 0 bridgehead atoms. The number of carbonyl (C=O) groups is 2. The Labute approximate surface area is 156 Å². The lowest BCUT2D eigenvalue weighted by molar-refractivity contribution is -0.113. The van der Waals surface area contributed by atoms with Crippen LogP contribution < -0.4 is 4.90 Å². The highest BCUT2D eigenvalue weighted by Gasteiger charge is 2.33. The second-order valence-electron chi connectivity index (χ2n) is 5.68. The summed E-state index contributed by atoms with van der Waals surface area (Å²) in [6.45, 7) is 4.03. The van der Waals surface area contributed by atoms with Crippen LogP contribution in [0.5, 0.6) is 0 Å². The Kier molecular flexibility index (Phi) is 5.23. The van der Waals surface area contributed by atoms with Gasteiger partial charge in [0, 0.05) is 0 Å². The minimum absolute atomic E-state index is 0.138. The monoisotopic (exact) mass is 366 g/mol. The molecule has 0 spiro atoms. The SMILES string of the molecule is CCOC(=O)c1ccc(N2C(=N)S/C(=C\c3ccccc3C)C2=O)cc1. The van der Waals surface area contributed by atoms with Gasteiger partial charge in [-0.3, -0.25) is 15.1 Å². The second-order valence-corrected chi connectivity index (χ2v) is 6.71. The number of benzene rings is 2. The fourth-order valence-corrected chi connectivity index (χ4v) is 3.42. The fraction of sp³-hybridized carbons (Fsp3) is 0.150. The third-order valence-corrected chi connectivity index (χ3v) is 4.82. The normalized spacial score (nSPS) is 15.6. The van der Waals surface area contributed by atoms with Crippen LogP contribution in [0.4, 0.5) is 5.69 Å². The van der Waals surface area contributed by atoms with Crippen molar-refractivity contribution in [2.45, 2.75) is 13.8 Å². The number of nitrogens with one attached hydrogen (secondary N) is 1. The fourth-order valence-electron chi connectivity index (χ4n) is 2.57. The minimum atomic E-state index is -0.406. The molecule has 6 heteroatoms. The number of aryl methyl sites for hydroxylation is 1. The van der Waals surface area contributed by atoms with Gasteiger partial charge in [0.1, 0.15) is 0 Å². The van der Waals surface area contributed by atoms with Gasteiger partial charge >= 0.3 is 5.97 Å². The molecule has 0 aromatic heterocycles. The smallest absolute Gasteiger partial charge is 0.338 e.